The highest BCUT2D eigenvalue weighted by Gasteiger charge is 2.43. The smallest absolute Gasteiger partial charge is 0.180 e. The first-order chi connectivity index (χ1) is 7.99. The second kappa shape index (κ2) is 3.87. The maximum atomic E-state index is 12.1. The van der Waals surface area contributed by atoms with Crippen LogP contribution in [0.15, 0.2) is 18.2 Å². The van der Waals surface area contributed by atoms with E-state index in [4.69, 9.17) is 9.47 Å². The Morgan fingerprint density at radius 3 is 2.71 bits per heavy atom. The van der Waals surface area contributed by atoms with Crippen LogP contribution in [0, 0.1) is 5.92 Å². The number of carbonyl (C=O) groups is 2. The summed E-state index contributed by atoms with van der Waals surface area (Å²) in [4.78, 5) is 23.1. The van der Waals surface area contributed by atoms with Gasteiger partial charge in [0.15, 0.2) is 5.78 Å². The van der Waals surface area contributed by atoms with Gasteiger partial charge >= 0.3 is 0 Å². The SMILES string of the molecule is COc1ccc2c(c1)OC(C)(C)C(C=O)C2=O. The fourth-order valence-electron chi connectivity index (χ4n) is 1.97. The summed E-state index contributed by atoms with van der Waals surface area (Å²) in [6, 6.07) is 4.97. The number of ketones is 1. The predicted molar refractivity (Wildman–Crippen MR) is 61.6 cm³/mol. The van der Waals surface area contributed by atoms with Crippen molar-refractivity contribution in [2.24, 2.45) is 5.92 Å². The van der Waals surface area contributed by atoms with Gasteiger partial charge in [0.1, 0.15) is 29.3 Å². The Labute approximate surface area is 99.5 Å². The number of fused-ring (bicyclic) bond motifs is 1. The molecule has 1 aliphatic rings. The molecule has 0 saturated carbocycles. The highest BCUT2D eigenvalue weighted by atomic mass is 16.5. The van der Waals surface area contributed by atoms with Crippen LogP contribution in [0.3, 0.4) is 0 Å². The molecule has 1 aromatic carbocycles. The Hall–Kier alpha value is -1.84. The van der Waals surface area contributed by atoms with Crippen molar-refractivity contribution in [3.63, 3.8) is 0 Å². The van der Waals surface area contributed by atoms with Crippen LogP contribution >= 0.6 is 0 Å². The van der Waals surface area contributed by atoms with E-state index in [2.05, 4.69) is 0 Å². The lowest BCUT2D eigenvalue weighted by atomic mass is 9.82. The molecule has 0 spiro atoms. The molecule has 0 aliphatic carbocycles. The molecular weight excluding hydrogens is 220 g/mol. The fourth-order valence-corrected chi connectivity index (χ4v) is 1.97. The third-order valence-corrected chi connectivity index (χ3v) is 2.99. The molecular formula is C13H14O4. The quantitative estimate of drug-likeness (QED) is 0.579. The summed E-state index contributed by atoms with van der Waals surface area (Å²) in [6.45, 7) is 3.46. The zero-order valence-corrected chi connectivity index (χ0v) is 10.0. The first-order valence-corrected chi connectivity index (χ1v) is 5.36. The Balaban J connectivity index is 2.53. The topological polar surface area (TPSA) is 52.6 Å². The van der Waals surface area contributed by atoms with E-state index in [1.54, 1.807) is 39.2 Å². The Kier molecular flexibility index (Phi) is 2.65. The Morgan fingerprint density at radius 2 is 2.12 bits per heavy atom. The van der Waals surface area contributed by atoms with Gasteiger partial charge in [-0.25, -0.2) is 0 Å². The lowest BCUT2D eigenvalue weighted by Gasteiger charge is -2.36. The summed E-state index contributed by atoms with van der Waals surface area (Å²) >= 11 is 0. The molecule has 1 unspecified atom stereocenters. The maximum absolute atomic E-state index is 12.1. The second-order valence-electron chi connectivity index (χ2n) is 4.55. The molecule has 0 N–H and O–H groups in total. The van der Waals surface area contributed by atoms with Gasteiger partial charge in [-0.15, -0.1) is 0 Å². The van der Waals surface area contributed by atoms with Crippen LogP contribution in [0.2, 0.25) is 0 Å². The van der Waals surface area contributed by atoms with Crippen molar-refractivity contribution in [1.29, 1.82) is 0 Å². The Bertz CT molecular complexity index is 476. The van der Waals surface area contributed by atoms with E-state index in [0.29, 0.717) is 23.3 Å². The number of carbonyl (C=O) groups excluding carboxylic acids is 2. The monoisotopic (exact) mass is 234 g/mol. The average Bonchev–Trinajstić information content (AvgIpc) is 2.27. The van der Waals surface area contributed by atoms with Gasteiger partial charge in [0.25, 0.3) is 0 Å². The molecule has 0 radical (unpaired) electrons. The highest BCUT2D eigenvalue weighted by molar-refractivity contribution is 6.09. The molecule has 0 aromatic heterocycles. The third-order valence-electron chi connectivity index (χ3n) is 2.99. The van der Waals surface area contributed by atoms with Crippen LogP contribution in [0.1, 0.15) is 24.2 Å². The van der Waals surface area contributed by atoms with Crippen LogP contribution < -0.4 is 9.47 Å². The summed E-state index contributed by atoms with van der Waals surface area (Å²) in [6.07, 6.45) is 0.648. The van der Waals surface area contributed by atoms with Gasteiger partial charge in [-0.2, -0.15) is 0 Å². The Morgan fingerprint density at radius 1 is 1.41 bits per heavy atom. The minimum absolute atomic E-state index is 0.200. The molecule has 1 aliphatic heterocycles. The first kappa shape index (κ1) is 11.6. The van der Waals surface area contributed by atoms with Crippen LogP contribution in [0.5, 0.6) is 11.5 Å². The van der Waals surface area contributed by atoms with Gasteiger partial charge in [0, 0.05) is 6.07 Å². The van der Waals surface area contributed by atoms with Crippen molar-refractivity contribution in [2.75, 3.05) is 7.11 Å². The zero-order chi connectivity index (χ0) is 12.6. The number of hydrogen-bond donors (Lipinski definition) is 0. The molecule has 1 aromatic rings. The summed E-state index contributed by atoms with van der Waals surface area (Å²) in [5.74, 6) is 0.131. The molecule has 90 valence electrons. The molecule has 0 saturated heterocycles. The molecule has 2 rings (SSSR count). The van der Waals surface area contributed by atoms with Gasteiger partial charge in [0.2, 0.25) is 0 Å². The minimum atomic E-state index is -0.821. The normalized spacial score (nSPS) is 21.4. The summed E-state index contributed by atoms with van der Waals surface area (Å²) < 4.78 is 10.8. The van der Waals surface area contributed by atoms with Crippen LogP contribution in [0.25, 0.3) is 0 Å². The van der Waals surface area contributed by atoms with Crippen molar-refractivity contribution in [3.05, 3.63) is 23.8 Å². The number of methoxy groups -OCH3 is 1. The van der Waals surface area contributed by atoms with E-state index in [9.17, 15) is 9.59 Å². The van der Waals surface area contributed by atoms with Crippen molar-refractivity contribution in [2.45, 2.75) is 19.4 Å². The largest absolute Gasteiger partial charge is 0.497 e. The molecule has 4 heteroatoms. The van der Waals surface area contributed by atoms with Gasteiger partial charge in [-0.3, -0.25) is 4.79 Å². The van der Waals surface area contributed by atoms with E-state index in [0.717, 1.165) is 0 Å². The predicted octanol–water partition coefficient (Wildman–Crippen LogP) is 1.86. The molecule has 0 bridgehead atoms. The molecule has 0 amide bonds. The van der Waals surface area contributed by atoms with E-state index in [1.165, 1.54) is 0 Å². The molecule has 17 heavy (non-hydrogen) atoms. The second-order valence-corrected chi connectivity index (χ2v) is 4.55. The number of ether oxygens (including phenoxy) is 2. The molecule has 1 heterocycles. The van der Waals surface area contributed by atoms with Crippen molar-refractivity contribution in [3.8, 4) is 11.5 Å². The number of rotatable bonds is 2. The molecule has 0 fully saturated rings. The van der Waals surface area contributed by atoms with E-state index in [1.807, 2.05) is 0 Å². The highest BCUT2D eigenvalue weighted by Crippen LogP contribution is 2.37. The van der Waals surface area contributed by atoms with E-state index < -0.39 is 11.5 Å². The summed E-state index contributed by atoms with van der Waals surface area (Å²) in [7, 11) is 1.55. The van der Waals surface area contributed by atoms with Gasteiger partial charge < -0.3 is 14.3 Å². The van der Waals surface area contributed by atoms with Crippen molar-refractivity contribution < 1.29 is 19.1 Å². The van der Waals surface area contributed by atoms with Gasteiger partial charge in [0.05, 0.1) is 12.7 Å². The lowest BCUT2D eigenvalue weighted by Crippen LogP contribution is -2.46. The number of hydrogen-bond acceptors (Lipinski definition) is 4. The standard InChI is InChI=1S/C13H14O4/c1-13(2)10(7-14)12(15)9-5-4-8(16-3)6-11(9)17-13/h4-7,10H,1-3H3. The van der Waals surface area contributed by atoms with Crippen LogP contribution in [-0.2, 0) is 4.79 Å². The average molecular weight is 234 g/mol. The van der Waals surface area contributed by atoms with Crippen LogP contribution in [-0.4, -0.2) is 24.8 Å². The molecule has 4 nitrogen and oxygen atoms in total. The third kappa shape index (κ3) is 1.79. The minimum Gasteiger partial charge on any atom is -0.497 e. The zero-order valence-electron chi connectivity index (χ0n) is 10.0. The molecule has 1 atom stereocenters. The summed E-state index contributed by atoms with van der Waals surface area (Å²) in [5.41, 5.74) is -0.389. The van der Waals surface area contributed by atoms with E-state index in [-0.39, 0.29) is 5.78 Å². The lowest BCUT2D eigenvalue weighted by molar-refractivity contribution is -0.114. The van der Waals surface area contributed by atoms with Gasteiger partial charge in [-0.1, -0.05) is 0 Å². The van der Waals surface area contributed by atoms with Crippen LogP contribution in [0.4, 0.5) is 0 Å². The van der Waals surface area contributed by atoms with Crippen molar-refractivity contribution in [1.82, 2.24) is 0 Å². The van der Waals surface area contributed by atoms with Crippen molar-refractivity contribution >= 4 is 12.1 Å². The first-order valence-electron chi connectivity index (χ1n) is 5.36. The number of aldehydes is 1. The fraction of sp³-hybridized carbons (Fsp3) is 0.385. The maximum Gasteiger partial charge on any atom is 0.180 e. The summed E-state index contributed by atoms with van der Waals surface area (Å²) in [5, 5.41) is 0. The number of benzene rings is 1. The van der Waals surface area contributed by atoms with E-state index >= 15 is 0 Å². The number of Topliss-reactive ketones (excluding diaryl/α,β-unsaturated/α-hetero) is 1. The van der Waals surface area contributed by atoms with Gasteiger partial charge in [-0.05, 0) is 26.0 Å².